The fraction of sp³-hybridized carbons (Fsp3) is 0.185. The summed E-state index contributed by atoms with van der Waals surface area (Å²) in [7, 11) is 1.38. The van der Waals surface area contributed by atoms with Gasteiger partial charge in [0.25, 0.3) is 0 Å². The van der Waals surface area contributed by atoms with Gasteiger partial charge in [0.05, 0.1) is 24.3 Å². The number of allylic oxidation sites excluding steroid dienone is 1. The van der Waals surface area contributed by atoms with Gasteiger partial charge in [0.1, 0.15) is 5.75 Å². The van der Waals surface area contributed by atoms with Gasteiger partial charge in [0.15, 0.2) is 0 Å². The van der Waals surface area contributed by atoms with Crippen LogP contribution in [-0.4, -0.2) is 18.2 Å². The second-order valence-electron chi connectivity index (χ2n) is 7.42. The van der Waals surface area contributed by atoms with Gasteiger partial charge in [-0.3, -0.25) is 0 Å². The number of aryl methyl sites for hydroxylation is 1. The van der Waals surface area contributed by atoms with Crippen LogP contribution in [0.3, 0.4) is 0 Å². The van der Waals surface area contributed by atoms with Crippen LogP contribution in [0.1, 0.15) is 39.0 Å². The van der Waals surface area contributed by atoms with Crippen molar-refractivity contribution in [2.45, 2.75) is 19.3 Å². The average Bonchev–Trinajstić information content (AvgIpc) is 2.82. The number of methoxy groups -OCH3 is 1. The highest BCUT2D eigenvalue weighted by molar-refractivity contribution is 5.89. The van der Waals surface area contributed by atoms with Crippen molar-refractivity contribution in [1.29, 1.82) is 5.26 Å². The fourth-order valence-corrected chi connectivity index (χ4v) is 3.43. The summed E-state index contributed by atoms with van der Waals surface area (Å²) in [6.07, 6.45) is 6.69. The van der Waals surface area contributed by atoms with Crippen LogP contribution < -0.4 is 0 Å². The second kappa shape index (κ2) is 10.8. The quantitative estimate of drug-likeness (QED) is 0.493. The van der Waals surface area contributed by atoms with Crippen LogP contribution in [0.4, 0.5) is 0 Å². The molecule has 0 aliphatic heterocycles. The second-order valence-corrected chi connectivity index (χ2v) is 7.42. The molecule has 0 amide bonds. The molecule has 31 heavy (non-hydrogen) atoms. The van der Waals surface area contributed by atoms with Gasteiger partial charge < -0.3 is 9.84 Å². The van der Waals surface area contributed by atoms with E-state index in [-0.39, 0.29) is 17.6 Å². The number of phenolic OH excluding ortho intramolecular Hbond substituents is 1. The van der Waals surface area contributed by atoms with Crippen LogP contribution in [0.25, 0.3) is 6.08 Å². The van der Waals surface area contributed by atoms with Gasteiger partial charge >= 0.3 is 5.97 Å². The summed E-state index contributed by atoms with van der Waals surface area (Å²) in [5.74, 6) is 0.165. The van der Waals surface area contributed by atoms with Gasteiger partial charge in [-0.1, -0.05) is 54.6 Å². The molecule has 1 N–H and O–H groups in total. The number of carbonyl (C=O) groups is 1. The van der Waals surface area contributed by atoms with E-state index in [1.54, 1.807) is 24.3 Å². The van der Waals surface area contributed by atoms with Gasteiger partial charge in [0, 0.05) is 5.56 Å². The van der Waals surface area contributed by atoms with E-state index in [2.05, 4.69) is 12.1 Å². The molecule has 1 atom stereocenters. The van der Waals surface area contributed by atoms with Crippen molar-refractivity contribution in [1.82, 2.24) is 0 Å². The SMILES string of the molecule is COC(=O)c1ccc(CCC(C=Cc2ccccc2O)Cc2ccc(C#N)cc2)cc1. The number of hydrogen-bond acceptors (Lipinski definition) is 4. The molecule has 3 rings (SSSR count). The van der Waals surface area contributed by atoms with Crippen LogP contribution in [0.15, 0.2) is 78.9 Å². The van der Waals surface area contributed by atoms with E-state index in [0.717, 1.165) is 36.0 Å². The Morgan fingerprint density at radius 2 is 1.71 bits per heavy atom. The van der Waals surface area contributed by atoms with E-state index < -0.39 is 0 Å². The van der Waals surface area contributed by atoms with Gasteiger partial charge in [-0.2, -0.15) is 5.26 Å². The van der Waals surface area contributed by atoms with Crippen molar-refractivity contribution in [3.05, 3.63) is 107 Å². The highest BCUT2D eigenvalue weighted by Gasteiger charge is 2.10. The molecule has 0 saturated carbocycles. The number of nitrogens with zero attached hydrogens (tertiary/aromatic N) is 1. The molecule has 156 valence electrons. The third-order valence-electron chi connectivity index (χ3n) is 5.24. The molecule has 0 aliphatic carbocycles. The highest BCUT2D eigenvalue weighted by atomic mass is 16.5. The lowest BCUT2D eigenvalue weighted by Crippen LogP contribution is -2.05. The van der Waals surface area contributed by atoms with Crippen molar-refractivity contribution < 1.29 is 14.6 Å². The average molecular weight is 412 g/mol. The third-order valence-corrected chi connectivity index (χ3v) is 5.24. The molecule has 0 heterocycles. The van der Waals surface area contributed by atoms with Gasteiger partial charge in [0.2, 0.25) is 0 Å². The summed E-state index contributed by atoms with van der Waals surface area (Å²) in [5.41, 5.74) is 4.28. The maximum Gasteiger partial charge on any atom is 0.337 e. The lowest BCUT2D eigenvalue weighted by atomic mass is 9.91. The third kappa shape index (κ3) is 6.32. The topological polar surface area (TPSA) is 70.3 Å². The zero-order valence-electron chi connectivity index (χ0n) is 17.5. The normalized spacial score (nSPS) is 11.7. The summed E-state index contributed by atoms with van der Waals surface area (Å²) < 4.78 is 4.75. The van der Waals surface area contributed by atoms with E-state index in [4.69, 9.17) is 10.00 Å². The molecule has 0 aliphatic rings. The van der Waals surface area contributed by atoms with Crippen LogP contribution in [0, 0.1) is 17.2 Å². The van der Waals surface area contributed by atoms with Crippen LogP contribution >= 0.6 is 0 Å². The highest BCUT2D eigenvalue weighted by Crippen LogP contribution is 2.22. The van der Waals surface area contributed by atoms with Crippen molar-refractivity contribution in [2.75, 3.05) is 7.11 Å². The Morgan fingerprint density at radius 1 is 1.03 bits per heavy atom. The molecule has 1 unspecified atom stereocenters. The predicted molar refractivity (Wildman–Crippen MR) is 122 cm³/mol. The Labute approximate surface area is 183 Å². The number of ether oxygens (including phenoxy) is 1. The van der Waals surface area contributed by atoms with Crippen molar-refractivity contribution in [3.8, 4) is 11.8 Å². The first kappa shape index (κ1) is 21.9. The molecule has 3 aromatic rings. The molecule has 0 saturated heterocycles. The van der Waals surface area contributed by atoms with Gasteiger partial charge in [-0.25, -0.2) is 4.79 Å². The van der Waals surface area contributed by atoms with E-state index in [1.165, 1.54) is 7.11 Å². The molecule has 0 aromatic heterocycles. The number of para-hydroxylation sites is 1. The van der Waals surface area contributed by atoms with Crippen LogP contribution in [0.5, 0.6) is 5.75 Å². The number of phenols is 1. The molecule has 4 nitrogen and oxygen atoms in total. The summed E-state index contributed by atoms with van der Waals surface area (Å²) in [6.45, 7) is 0. The molecule has 0 fully saturated rings. The Hall–Kier alpha value is -3.84. The number of hydrogen-bond donors (Lipinski definition) is 1. The number of carbonyl (C=O) groups excluding carboxylic acids is 1. The molecular formula is C27H25NO3. The number of benzene rings is 3. The minimum atomic E-state index is -0.337. The van der Waals surface area contributed by atoms with E-state index in [0.29, 0.717) is 11.1 Å². The zero-order chi connectivity index (χ0) is 22.1. The first-order valence-electron chi connectivity index (χ1n) is 10.2. The maximum absolute atomic E-state index is 11.6. The molecule has 0 bridgehead atoms. The standard InChI is InChI=1S/C27H25NO3/c1-31-27(30)25-16-12-20(13-17-25)6-7-22(14-15-24-4-2-3-5-26(24)29)18-21-8-10-23(19-28)11-9-21/h2-5,8-17,22,29H,6-7,18H2,1H3. The van der Waals surface area contributed by atoms with Crippen molar-refractivity contribution in [3.63, 3.8) is 0 Å². The first-order chi connectivity index (χ1) is 15.1. The smallest absolute Gasteiger partial charge is 0.337 e. The van der Waals surface area contributed by atoms with Crippen LogP contribution in [-0.2, 0) is 17.6 Å². The molecule has 0 spiro atoms. The Bertz CT molecular complexity index is 1080. The zero-order valence-corrected chi connectivity index (χ0v) is 17.5. The number of esters is 1. The lowest BCUT2D eigenvalue weighted by Gasteiger charge is -2.14. The molecule has 3 aromatic carbocycles. The summed E-state index contributed by atoms with van der Waals surface area (Å²) in [5, 5.41) is 19.1. The summed E-state index contributed by atoms with van der Waals surface area (Å²) in [6, 6.07) is 24.6. The number of nitriles is 1. The van der Waals surface area contributed by atoms with E-state index in [1.807, 2.05) is 54.6 Å². The lowest BCUT2D eigenvalue weighted by molar-refractivity contribution is 0.0600. The summed E-state index contributed by atoms with van der Waals surface area (Å²) in [4.78, 5) is 11.6. The molecule has 0 radical (unpaired) electrons. The summed E-state index contributed by atoms with van der Waals surface area (Å²) >= 11 is 0. The number of rotatable bonds is 8. The van der Waals surface area contributed by atoms with Crippen molar-refractivity contribution in [2.24, 2.45) is 5.92 Å². The van der Waals surface area contributed by atoms with E-state index >= 15 is 0 Å². The fourth-order valence-electron chi connectivity index (χ4n) is 3.43. The van der Waals surface area contributed by atoms with E-state index in [9.17, 15) is 9.90 Å². The Balaban J connectivity index is 1.73. The molecular weight excluding hydrogens is 386 g/mol. The Morgan fingerprint density at radius 3 is 2.35 bits per heavy atom. The van der Waals surface area contributed by atoms with Crippen molar-refractivity contribution >= 4 is 12.0 Å². The van der Waals surface area contributed by atoms with Crippen LogP contribution in [0.2, 0.25) is 0 Å². The van der Waals surface area contributed by atoms with Gasteiger partial charge in [-0.05, 0) is 66.6 Å². The Kier molecular flexibility index (Phi) is 7.61. The predicted octanol–water partition coefficient (Wildman–Crippen LogP) is 5.56. The first-order valence-corrected chi connectivity index (χ1v) is 10.2. The molecule has 4 heteroatoms. The minimum Gasteiger partial charge on any atom is -0.507 e. The monoisotopic (exact) mass is 411 g/mol. The number of aromatic hydroxyl groups is 1. The largest absolute Gasteiger partial charge is 0.507 e. The van der Waals surface area contributed by atoms with Gasteiger partial charge in [-0.15, -0.1) is 0 Å². The minimum absolute atomic E-state index is 0.243. The maximum atomic E-state index is 11.6.